The average Bonchev–Trinajstić information content (AvgIpc) is 2.71. The molecule has 0 atom stereocenters. The van der Waals surface area contributed by atoms with Gasteiger partial charge in [0.25, 0.3) is 0 Å². The number of carboxylic acids is 1. The second-order valence-electron chi connectivity index (χ2n) is 2.59. The van der Waals surface area contributed by atoms with Gasteiger partial charge in [-0.25, -0.2) is 14.8 Å². The first-order valence-electron chi connectivity index (χ1n) is 3.82. The number of H-pyrrole nitrogens is 1. The van der Waals surface area contributed by atoms with Crippen LogP contribution in [0.2, 0.25) is 0 Å². The van der Waals surface area contributed by atoms with E-state index in [9.17, 15) is 4.79 Å². The molecule has 14 heavy (non-hydrogen) atoms. The fourth-order valence-electron chi connectivity index (χ4n) is 0.961. The molecule has 2 rings (SSSR count). The third-order valence-electron chi connectivity index (χ3n) is 1.66. The van der Waals surface area contributed by atoms with Crippen LogP contribution in [0.25, 0.3) is 11.4 Å². The van der Waals surface area contributed by atoms with Crippen LogP contribution in [0.4, 0.5) is 0 Å². The van der Waals surface area contributed by atoms with Crippen molar-refractivity contribution in [1.82, 2.24) is 20.2 Å². The Hall–Kier alpha value is -2.24. The van der Waals surface area contributed by atoms with Gasteiger partial charge in [-0.1, -0.05) is 0 Å². The highest BCUT2D eigenvalue weighted by Crippen LogP contribution is 2.10. The molecule has 0 fully saturated rings. The Morgan fingerprint density at radius 2 is 2.00 bits per heavy atom. The highest BCUT2D eigenvalue weighted by Gasteiger charge is 2.05. The smallest absolute Gasteiger partial charge is 0.338 e. The zero-order valence-corrected chi connectivity index (χ0v) is 7.01. The molecule has 0 amide bonds. The number of hydrogen-bond donors (Lipinski definition) is 2. The van der Waals surface area contributed by atoms with Gasteiger partial charge in [0, 0.05) is 18.6 Å². The van der Waals surface area contributed by atoms with Crippen LogP contribution in [0, 0.1) is 0 Å². The van der Waals surface area contributed by atoms with Gasteiger partial charge in [0.1, 0.15) is 0 Å². The Kier molecular flexibility index (Phi) is 1.94. The number of aromatic carboxylic acids is 1. The van der Waals surface area contributed by atoms with Gasteiger partial charge in [0.15, 0.2) is 5.82 Å². The molecule has 6 heteroatoms. The number of rotatable bonds is 2. The largest absolute Gasteiger partial charge is 0.478 e. The molecule has 0 aliphatic carbocycles. The van der Waals surface area contributed by atoms with Crippen LogP contribution in [0.1, 0.15) is 10.4 Å². The van der Waals surface area contributed by atoms with Crippen LogP contribution < -0.4 is 0 Å². The summed E-state index contributed by atoms with van der Waals surface area (Å²) >= 11 is 0. The lowest BCUT2D eigenvalue weighted by atomic mass is 10.3. The van der Waals surface area contributed by atoms with E-state index in [4.69, 9.17) is 5.11 Å². The van der Waals surface area contributed by atoms with Crippen molar-refractivity contribution in [3.8, 4) is 11.4 Å². The molecule has 70 valence electrons. The summed E-state index contributed by atoms with van der Waals surface area (Å²) in [6.45, 7) is 0. The van der Waals surface area contributed by atoms with E-state index < -0.39 is 5.97 Å². The summed E-state index contributed by atoms with van der Waals surface area (Å²) in [5, 5.41) is 15.0. The second kappa shape index (κ2) is 3.25. The Balaban J connectivity index is 2.36. The first-order chi connectivity index (χ1) is 6.77. The fraction of sp³-hybridized carbons (Fsp3) is 0. The average molecular weight is 190 g/mol. The number of nitrogens with one attached hydrogen (secondary N) is 1. The molecule has 0 aromatic carbocycles. The van der Waals surface area contributed by atoms with Crippen molar-refractivity contribution in [2.45, 2.75) is 0 Å². The summed E-state index contributed by atoms with van der Waals surface area (Å²) in [4.78, 5) is 18.3. The molecule has 0 unspecified atom stereocenters. The molecule has 2 heterocycles. The number of aromatic nitrogens is 4. The number of hydrogen-bond acceptors (Lipinski definition) is 4. The number of carbonyl (C=O) groups is 1. The van der Waals surface area contributed by atoms with Gasteiger partial charge in [-0.15, -0.1) is 0 Å². The Bertz CT molecular complexity index is 435. The standard InChI is InChI=1S/C8H6N4O2/c13-8(14)6-1-9-7(10-2-6)5-3-11-12-4-5/h1-4H,(H,11,12)(H,13,14). The highest BCUT2D eigenvalue weighted by molar-refractivity contribution is 5.86. The van der Waals surface area contributed by atoms with Gasteiger partial charge >= 0.3 is 5.97 Å². The molecule has 0 aliphatic heterocycles. The van der Waals surface area contributed by atoms with Gasteiger partial charge in [-0.3, -0.25) is 5.10 Å². The zero-order chi connectivity index (χ0) is 9.97. The van der Waals surface area contributed by atoms with Crippen LogP contribution in [-0.4, -0.2) is 31.2 Å². The van der Waals surface area contributed by atoms with E-state index in [0.29, 0.717) is 5.82 Å². The number of aromatic amines is 1. The van der Waals surface area contributed by atoms with Gasteiger partial charge in [-0.05, 0) is 0 Å². The van der Waals surface area contributed by atoms with Crippen molar-refractivity contribution in [3.05, 3.63) is 30.4 Å². The summed E-state index contributed by atoms with van der Waals surface area (Å²) in [6.07, 6.45) is 5.72. The number of nitrogens with zero attached hydrogens (tertiary/aromatic N) is 3. The molecule has 0 saturated carbocycles. The van der Waals surface area contributed by atoms with Gasteiger partial charge in [-0.2, -0.15) is 5.10 Å². The quantitative estimate of drug-likeness (QED) is 0.722. The number of carboxylic acid groups (broad SMARTS) is 1. The summed E-state index contributed by atoms with van der Waals surface area (Å²) in [5.74, 6) is -0.590. The maximum Gasteiger partial charge on any atom is 0.338 e. The lowest BCUT2D eigenvalue weighted by Gasteiger charge is -1.95. The van der Waals surface area contributed by atoms with Crippen molar-refractivity contribution in [3.63, 3.8) is 0 Å². The van der Waals surface area contributed by atoms with Gasteiger partial charge < -0.3 is 5.11 Å². The van der Waals surface area contributed by atoms with Crippen LogP contribution in [-0.2, 0) is 0 Å². The van der Waals surface area contributed by atoms with Crippen LogP contribution in [0.15, 0.2) is 24.8 Å². The van der Waals surface area contributed by atoms with Crippen molar-refractivity contribution >= 4 is 5.97 Å². The van der Waals surface area contributed by atoms with Crippen molar-refractivity contribution in [2.75, 3.05) is 0 Å². The second-order valence-corrected chi connectivity index (χ2v) is 2.59. The Labute approximate surface area is 78.6 Å². The van der Waals surface area contributed by atoms with Crippen molar-refractivity contribution in [1.29, 1.82) is 0 Å². The van der Waals surface area contributed by atoms with Crippen LogP contribution in [0.3, 0.4) is 0 Å². The monoisotopic (exact) mass is 190 g/mol. The Morgan fingerprint density at radius 3 is 2.50 bits per heavy atom. The van der Waals surface area contributed by atoms with E-state index >= 15 is 0 Å². The first-order valence-corrected chi connectivity index (χ1v) is 3.82. The summed E-state index contributed by atoms with van der Waals surface area (Å²) in [6, 6.07) is 0. The summed E-state index contributed by atoms with van der Waals surface area (Å²) in [5.41, 5.74) is 0.791. The third kappa shape index (κ3) is 1.45. The molecular weight excluding hydrogens is 184 g/mol. The predicted molar refractivity (Wildman–Crippen MR) is 46.6 cm³/mol. The van der Waals surface area contributed by atoms with E-state index in [2.05, 4.69) is 20.2 Å². The highest BCUT2D eigenvalue weighted by atomic mass is 16.4. The van der Waals surface area contributed by atoms with E-state index in [0.717, 1.165) is 5.56 Å². The predicted octanol–water partition coefficient (Wildman–Crippen LogP) is 0.565. The molecule has 0 saturated heterocycles. The topological polar surface area (TPSA) is 91.8 Å². The van der Waals surface area contributed by atoms with E-state index in [-0.39, 0.29) is 5.56 Å². The SMILES string of the molecule is O=C(O)c1cnc(-c2cn[nH]c2)nc1. The summed E-state index contributed by atoms with van der Waals surface area (Å²) in [7, 11) is 0. The molecule has 2 aromatic heterocycles. The maximum absolute atomic E-state index is 10.5. The van der Waals surface area contributed by atoms with Gasteiger partial charge in [0.05, 0.1) is 17.3 Å². The van der Waals surface area contributed by atoms with E-state index in [1.54, 1.807) is 12.4 Å². The minimum atomic E-state index is -1.04. The lowest BCUT2D eigenvalue weighted by molar-refractivity contribution is 0.0696. The Morgan fingerprint density at radius 1 is 1.29 bits per heavy atom. The van der Waals surface area contributed by atoms with E-state index in [1.807, 2.05) is 0 Å². The lowest BCUT2D eigenvalue weighted by Crippen LogP contribution is -1.99. The molecule has 6 nitrogen and oxygen atoms in total. The van der Waals surface area contributed by atoms with Crippen LogP contribution in [0.5, 0.6) is 0 Å². The molecule has 2 N–H and O–H groups in total. The normalized spacial score (nSPS) is 10.0. The summed E-state index contributed by atoms with van der Waals surface area (Å²) < 4.78 is 0. The molecular formula is C8H6N4O2. The molecule has 0 aliphatic rings. The van der Waals surface area contributed by atoms with E-state index in [1.165, 1.54) is 12.4 Å². The first kappa shape index (κ1) is 8.36. The van der Waals surface area contributed by atoms with Crippen molar-refractivity contribution < 1.29 is 9.90 Å². The molecule has 0 bridgehead atoms. The third-order valence-corrected chi connectivity index (χ3v) is 1.66. The minimum Gasteiger partial charge on any atom is -0.478 e. The van der Waals surface area contributed by atoms with Crippen LogP contribution >= 0.6 is 0 Å². The molecule has 0 spiro atoms. The molecule has 0 radical (unpaired) electrons. The van der Waals surface area contributed by atoms with Gasteiger partial charge in [0.2, 0.25) is 0 Å². The maximum atomic E-state index is 10.5. The molecule has 2 aromatic rings. The zero-order valence-electron chi connectivity index (χ0n) is 7.01. The van der Waals surface area contributed by atoms with Crippen molar-refractivity contribution in [2.24, 2.45) is 0 Å². The fourth-order valence-corrected chi connectivity index (χ4v) is 0.961. The minimum absolute atomic E-state index is 0.0669.